The Labute approximate surface area is 119 Å². The molecule has 0 aliphatic heterocycles. The fourth-order valence-corrected chi connectivity index (χ4v) is 3.73. The molecule has 0 spiro atoms. The van der Waals surface area contributed by atoms with Crippen molar-refractivity contribution in [1.82, 2.24) is 0 Å². The Kier molecular flexibility index (Phi) is 3.88. The van der Waals surface area contributed by atoms with E-state index in [1.807, 2.05) is 43.3 Å². The monoisotopic (exact) mass is 296 g/mol. The van der Waals surface area contributed by atoms with Gasteiger partial charge >= 0.3 is 0 Å². The number of alkyl halides is 1. The SMILES string of the molecule is CCS(=O)(=O)C1(Cl)C=CC(c2ccccc2C)=CC1. The van der Waals surface area contributed by atoms with Crippen LogP contribution in [0.15, 0.2) is 42.5 Å². The number of aryl methyl sites for hydroxylation is 1. The number of benzene rings is 1. The molecule has 0 saturated heterocycles. The lowest BCUT2D eigenvalue weighted by atomic mass is 9.96. The third-order valence-corrected chi connectivity index (χ3v) is 6.55. The van der Waals surface area contributed by atoms with Crippen molar-refractivity contribution in [3.05, 3.63) is 53.6 Å². The Morgan fingerprint density at radius 2 is 2.00 bits per heavy atom. The minimum absolute atomic E-state index is 0.0500. The normalized spacial score (nSPS) is 23.2. The van der Waals surface area contributed by atoms with Crippen molar-refractivity contribution >= 4 is 27.0 Å². The van der Waals surface area contributed by atoms with Gasteiger partial charge in [0.15, 0.2) is 14.0 Å². The first kappa shape index (κ1) is 14.4. The van der Waals surface area contributed by atoms with Gasteiger partial charge in [0.25, 0.3) is 0 Å². The van der Waals surface area contributed by atoms with Crippen LogP contribution in [-0.2, 0) is 9.84 Å². The molecule has 1 aliphatic carbocycles. The maximum absolute atomic E-state index is 12.0. The standard InChI is InChI=1S/C15H17ClO2S/c1-3-19(17,18)15(16)10-8-13(9-11-15)14-7-5-4-6-12(14)2/h4-10H,3,11H2,1-2H3. The number of halogens is 1. The van der Waals surface area contributed by atoms with E-state index >= 15 is 0 Å². The Bertz CT molecular complexity index is 644. The predicted molar refractivity (Wildman–Crippen MR) is 81.0 cm³/mol. The molecule has 0 radical (unpaired) electrons. The summed E-state index contributed by atoms with van der Waals surface area (Å²) >= 11 is 6.24. The molecule has 102 valence electrons. The number of sulfone groups is 1. The van der Waals surface area contributed by atoms with Gasteiger partial charge in [-0.05, 0) is 29.7 Å². The second kappa shape index (κ2) is 5.14. The number of allylic oxidation sites excluding steroid dienone is 3. The maximum Gasteiger partial charge on any atom is 0.173 e. The summed E-state index contributed by atoms with van der Waals surface area (Å²) in [6.45, 7) is 3.66. The van der Waals surface area contributed by atoms with E-state index in [0.29, 0.717) is 6.42 Å². The zero-order chi connectivity index (χ0) is 14.1. The van der Waals surface area contributed by atoms with Crippen LogP contribution < -0.4 is 0 Å². The first-order chi connectivity index (χ1) is 8.89. The molecule has 0 heterocycles. The zero-order valence-electron chi connectivity index (χ0n) is 11.1. The Hall–Kier alpha value is -1.06. The van der Waals surface area contributed by atoms with Crippen LogP contribution in [0.25, 0.3) is 5.57 Å². The summed E-state index contributed by atoms with van der Waals surface area (Å²) in [6.07, 6.45) is 5.63. The van der Waals surface area contributed by atoms with Crippen molar-refractivity contribution < 1.29 is 8.42 Å². The summed E-state index contributed by atoms with van der Waals surface area (Å²) in [6, 6.07) is 8.03. The molecular formula is C15H17ClO2S. The van der Waals surface area contributed by atoms with Crippen molar-refractivity contribution in [2.75, 3.05) is 5.75 Å². The van der Waals surface area contributed by atoms with Gasteiger partial charge in [-0.2, -0.15) is 0 Å². The molecule has 0 bridgehead atoms. The zero-order valence-corrected chi connectivity index (χ0v) is 12.6. The van der Waals surface area contributed by atoms with Gasteiger partial charge in [0.2, 0.25) is 0 Å². The third-order valence-electron chi connectivity index (χ3n) is 3.47. The lowest BCUT2D eigenvalue weighted by Crippen LogP contribution is -2.32. The van der Waals surface area contributed by atoms with Crippen LogP contribution in [0.1, 0.15) is 24.5 Å². The van der Waals surface area contributed by atoms with E-state index < -0.39 is 14.0 Å². The van der Waals surface area contributed by atoms with Gasteiger partial charge in [-0.3, -0.25) is 0 Å². The van der Waals surface area contributed by atoms with Crippen molar-refractivity contribution in [2.45, 2.75) is 24.5 Å². The van der Waals surface area contributed by atoms with Crippen molar-refractivity contribution in [1.29, 1.82) is 0 Å². The van der Waals surface area contributed by atoms with Crippen LogP contribution in [0.2, 0.25) is 0 Å². The van der Waals surface area contributed by atoms with Crippen LogP contribution in [0.5, 0.6) is 0 Å². The van der Waals surface area contributed by atoms with E-state index in [1.54, 1.807) is 13.0 Å². The molecule has 0 aromatic heterocycles. The lowest BCUT2D eigenvalue weighted by Gasteiger charge is -2.25. The average molecular weight is 297 g/mol. The Morgan fingerprint density at radius 3 is 2.53 bits per heavy atom. The molecule has 0 N–H and O–H groups in total. The minimum atomic E-state index is -3.30. The molecule has 1 unspecified atom stereocenters. The topological polar surface area (TPSA) is 34.1 Å². The van der Waals surface area contributed by atoms with Gasteiger partial charge in [-0.25, -0.2) is 8.42 Å². The smallest absolute Gasteiger partial charge is 0.173 e. The van der Waals surface area contributed by atoms with Gasteiger partial charge in [0.1, 0.15) is 0 Å². The van der Waals surface area contributed by atoms with Crippen molar-refractivity contribution in [3.8, 4) is 0 Å². The Balaban J connectivity index is 2.33. The highest BCUT2D eigenvalue weighted by atomic mass is 35.5. The molecule has 0 fully saturated rings. The highest BCUT2D eigenvalue weighted by Crippen LogP contribution is 2.36. The van der Waals surface area contributed by atoms with E-state index in [0.717, 1.165) is 11.1 Å². The number of hydrogen-bond donors (Lipinski definition) is 0. The summed E-state index contributed by atoms with van der Waals surface area (Å²) in [7, 11) is -3.30. The molecule has 0 amide bonds. The first-order valence-electron chi connectivity index (χ1n) is 6.26. The molecule has 0 saturated carbocycles. The Morgan fingerprint density at radius 1 is 1.32 bits per heavy atom. The van der Waals surface area contributed by atoms with E-state index in [1.165, 1.54) is 5.56 Å². The number of rotatable bonds is 3. The van der Waals surface area contributed by atoms with E-state index in [4.69, 9.17) is 11.6 Å². The van der Waals surface area contributed by atoms with E-state index in [-0.39, 0.29) is 5.75 Å². The molecule has 4 heteroatoms. The summed E-state index contributed by atoms with van der Waals surface area (Å²) in [5.74, 6) is 0.0500. The molecule has 2 rings (SSSR count). The average Bonchev–Trinajstić information content (AvgIpc) is 2.40. The quantitative estimate of drug-likeness (QED) is 0.797. The minimum Gasteiger partial charge on any atom is -0.227 e. The van der Waals surface area contributed by atoms with Crippen LogP contribution >= 0.6 is 11.6 Å². The van der Waals surface area contributed by atoms with Gasteiger partial charge < -0.3 is 0 Å². The lowest BCUT2D eigenvalue weighted by molar-refractivity contribution is 0.583. The summed E-state index contributed by atoms with van der Waals surface area (Å²) in [5.41, 5.74) is 3.31. The fourth-order valence-electron chi connectivity index (χ4n) is 2.17. The molecule has 2 nitrogen and oxygen atoms in total. The third kappa shape index (κ3) is 2.63. The molecule has 19 heavy (non-hydrogen) atoms. The first-order valence-corrected chi connectivity index (χ1v) is 8.29. The summed E-state index contributed by atoms with van der Waals surface area (Å²) < 4.78 is 22.7. The van der Waals surface area contributed by atoms with Gasteiger partial charge in [-0.1, -0.05) is 54.9 Å². The van der Waals surface area contributed by atoms with Crippen LogP contribution in [-0.4, -0.2) is 18.4 Å². The molecule has 1 aromatic carbocycles. The van der Waals surface area contributed by atoms with E-state index in [9.17, 15) is 8.42 Å². The van der Waals surface area contributed by atoms with Gasteiger partial charge in [0.05, 0.1) is 0 Å². The van der Waals surface area contributed by atoms with Crippen LogP contribution in [0.4, 0.5) is 0 Å². The van der Waals surface area contributed by atoms with Crippen molar-refractivity contribution in [3.63, 3.8) is 0 Å². The largest absolute Gasteiger partial charge is 0.227 e. The molecule has 1 aromatic rings. The number of hydrogen-bond acceptors (Lipinski definition) is 2. The van der Waals surface area contributed by atoms with Crippen molar-refractivity contribution in [2.24, 2.45) is 0 Å². The molecule has 1 aliphatic rings. The van der Waals surface area contributed by atoms with Crippen LogP contribution in [0.3, 0.4) is 0 Å². The fraction of sp³-hybridized carbons (Fsp3) is 0.333. The highest BCUT2D eigenvalue weighted by molar-refractivity contribution is 7.94. The molecular weight excluding hydrogens is 280 g/mol. The second-order valence-electron chi connectivity index (χ2n) is 4.70. The molecule has 1 atom stereocenters. The highest BCUT2D eigenvalue weighted by Gasteiger charge is 2.38. The van der Waals surface area contributed by atoms with Gasteiger partial charge in [-0.15, -0.1) is 0 Å². The van der Waals surface area contributed by atoms with E-state index in [2.05, 4.69) is 0 Å². The summed E-state index contributed by atoms with van der Waals surface area (Å²) in [5, 5.41) is 0. The van der Waals surface area contributed by atoms with Crippen LogP contribution in [0, 0.1) is 6.92 Å². The maximum atomic E-state index is 12.0. The predicted octanol–water partition coefficient (Wildman–Crippen LogP) is 3.71. The second-order valence-corrected chi connectivity index (χ2v) is 8.14. The summed E-state index contributed by atoms with van der Waals surface area (Å²) in [4.78, 5) is 0. The van der Waals surface area contributed by atoms with Gasteiger partial charge in [0, 0.05) is 12.2 Å².